The molecule has 23 heavy (non-hydrogen) atoms. The lowest BCUT2D eigenvalue weighted by molar-refractivity contribution is -0.133. The molecular formula is C19H27FN2O. The molecular weight excluding hydrogens is 291 g/mol. The summed E-state index contributed by atoms with van der Waals surface area (Å²) in [7, 11) is 0. The average Bonchev–Trinajstić information content (AvgIpc) is 2.93. The van der Waals surface area contributed by atoms with Gasteiger partial charge in [-0.15, -0.1) is 0 Å². The summed E-state index contributed by atoms with van der Waals surface area (Å²) in [6.45, 7) is 1.67. The Morgan fingerprint density at radius 1 is 1.22 bits per heavy atom. The maximum absolute atomic E-state index is 13.3. The van der Waals surface area contributed by atoms with Crippen molar-refractivity contribution in [1.82, 2.24) is 4.90 Å². The molecule has 1 aliphatic heterocycles. The van der Waals surface area contributed by atoms with Gasteiger partial charge in [0.1, 0.15) is 5.82 Å². The Hall–Kier alpha value is -1.42. The van der Waals surface area contributed by atoms with Gasteiger partial charge in [-0.2, -0.15) is 0 Å². The molecule has 0 spiro atoms. The number of likely N-dealkylation sites (tertiary alicyclic amines) is 1. The zero-order valence-corrected chi connectivity index (χ0v) is 13.7. The second-order valence-electron chi connectivity index (χ2n) is 7.22. The van der Waals surface area contributed by atoms with Crippen LogP contribution in [0.5, 0.6) is 0 Å². The third-order valence-corrected chi connectivity index (χ3v) is 5.54. The molecule has 0 radical (unpaired) electrons. The number of hydrogen-bond acceptors (Lipinski definition) is 2. The standard InChI is InChI=1S/C19H27FN2O/c20-17-5-1-3-15(12-17)11-14-7-9-22(10-8-14)19(23)13-16-4-2-6-18(16)21/h1,3,5,12,14,16,18H,2,4,6-11,13,21H2/t16-,18+/m0/s1. The van der Waals surface area contributed by atoms with Crippen LogP contribution in [-0.2, 0) is 11.2 Å². The molecule has 2 N–H and O–H groups in total. The summed E-state index contributed by atoms with van der Waals surface area (Å²) in [5.41, 5.74) is 7.14. The van der Waals surface area contributed by atoms with Gasteiger partial charge in [-0.1, -0.05) is 18.6 Å². The molecule has 3 nitrogen and oxygen atoms in total. The first-order chi connectivity index (χ1) is 11.1. The molecule has 1 aromatic rings. The van der Waals surface area contributed by atoms with Gasteiger partial charge in [0.15, 0.2) is 0 Å². The van der Waals surface area contributed by atoms with Crippen LogP contribution in [0.25, 0.3) is 0 Å². The minimum atomic E-state index is -0.164. The van der Waals surface area contributed by atoms with Gasteiger partial charge in [0, 0.05) is 25.6 Å². The number of carbonyl (C=O) groups excluding carboxylic acids is 1. The van der Waals surface area contributed by atoms with Gasteiger partial charge < -0.3 is 10.6 Å². The van der Waals surface area contributed by atoms with Crippen LogP contribution in [0, 0.1) is 17.7 Å². The van der Waals surface area contributed by atoms with Crippen molar-refractivity contribution >= 4 is 5.91 Å². The molecule has 1 saturated carbocycles. The molecule has 2 atom stereocenters. The number of rotatable bonds is 4. The van der Waals surface area contributed by atoms with Gasteiger partial charge in [0.25, 0.3) is 0 Å². The van der Waals surface area contributed by atoms with Crippen LogP contribution in [0.15, 0.2) is 24.3 Å². The van der Waals surface area contributed by atoms with Gasteiger partial charge in [-0.25, -0.2) is 4.39 Å². The second kappa shape index (κ2) is 7.43. The average molecular weight is 318 g/mol. The Morgan fingerprint density at radius 2 is 2.00 bits per heavy atom. The minimum absolute atomic E-state index is 0.164. The van der Waals surface area contributed by atoms with E-state index in [1.54, 1.807) is 12.1 Å². The molecule has 1 aliphatic carbocycles. The molecule has 0 aromatic heterocycles. The van der Waals surface area contributed by atoms with Gasteiger partial charge in [-0.05, 0) is 61.6 Å². The largest absolute Gasteiger partial charge is 0.343 e. The number of hydrogen-bond donors (Lipinski definition) is 1. The van der Waals surface area contributed by atoms with Gasteiger partial charge in [0.05, 0.1) is 0 Å². The first-order valence-corrected chi connectivity index (χ1v) is 8.89. The maximum atomic E-state index is 13.3. The number of piperidine rings is 1. The van der Waals surface area contributed by atoms with Crippen LogP contribution in [0.3, 0.4) is 0 Å². The van der Waals surface area contributed by atoms with E-state index >= 15 is 0 Å². The molecule has 0 bridgehead atoms. The first kappa shape index (κ1) is 16.4. The fraction of sp³-hybridized carbons (Fsp3) is 0.632. The second-order valence-corrected chi connectivity index (χ2v) is 7.22. The molecule has 4 heteroatoms. The van der Waals surface area contributed by atoms with Gasteiger partial charge in [0.2, 0.25) is 5.91 Å². The monoisotopic (exact) mass is 318 g/mol. The summed E-state index contributed by atoms with van der Waals surface area (Å²) in [6.07, 6.45) is 6.88. The summed E-state index contributed by atoms with van der Waals surface area (Å²) in [5.74, 6) is 1.04. The quantitative estimate of drug-likeness (QED) is 0.927. The van der Waals surface area contributed by atoms with Crippen molar-refractivity contribution < 1.29 is 9.18 Å². The Balaban J connectivity index is 1.45. The van der Waals surface area contributed by atoms with Crippen LogP contribution in [-0.4, -0.2) is 29.9 Å². The van der Waals surface area contributed by atoms with Crippen LogP contribution >= 0.6 is 0 Å². The van der Waals surface area contributed by atoms with E-state index in [0.29, 0.717) is 18.3 Å². The van der Waals surface area contributed by atoms with Crippen LogP contribution in [0.4, 0.5) is 4.39 Å². The summed E-state index contributed by atoms with van der Waals surface area (Å²) >= 11 is 0. The smallest absolute Gasteiger partial charge is 0.222 e. The van der Waals surface area contributed by atoms with Crippen molar-refractivity contribution in [1.29, 1.82) is 0 Å². The zero-order valence-electron chi connectivity index (χ0n) is 13.7. The van der Waals surface area contributed by atoms with Crippen molar-refractivity contribution in [3.05, 3.63) is 35.6 Å². The van der Waals surface area contributed by atoms with E-state index < -0.39 is 0 Å². The molecule has 2 aliphatic rings. The lowest BCUT2D eigenvalue weighted by Crippen LogP contribution is -2.40. The van der Waals surface area contributed by atoms with Crippen molar-refractivity contribution in [3.8, 4) is 0 Å². The van der Waals surface area contributed by atoms with E-state index in [1.807, 2.05) is 11.0 Å². The summed E-state index contributed by atoms with van der Waals surface area (Å²) in [4.78, 5) is 14.4. The third-order valence-electron chi connectivity index (χ3n) is 5.54. The lowest BCUT2D eigenvalue weighted by atomic mass is 9.89. The number of amides is 1. The highest BCUT2D eigenvalue weighted by molar-refractivity contribution is 5.76. The fourth-order valence-corrected chi connectivity index (χ4v) is 4.06. The van der Waals surface area contributed by atoms with Crippen molar-refractivity contribution in [3.63, 3.8) is 0 Å². The van der Waals surface area contributed by atoms with Crippen molar-refractivity contribution in [2.75, 3.05) is 13.1 Å². The number of halogens is 1. The molecule has 2 fully saturated rings. The molecule has 1 heterocycles. The number of nitrogens with zero attached hydrogens (tertiary/aromatic N) is 1. The molecule has 1 aromatic carbocycles. The number of nitrogens with two attached hydrogens (primary N) is 1. The Kier molecular flexibility index (Phi) is 5.31. The number of benzene rings is 1. The van der Waals surface area contributed by atoms with Crippen LogP contribution in [0.1, 0.15) is 44.1 Å². The molecule has 1 saturated heterocycles. The van der Waals surface area contributed by atoms with E-state index in [4.69, 9.17) is 5.73 Å². The highest BCUT2D eigenvalue weighted by atomic mass is 19.1. The van der Waals surface area contributed by atoms with Gasteiger partial charge in [-0.3, -0.25) is 4.79 Å². The summed E-state index contributed by atoms with van der Waals surface area (Å²) < 4.78 is 13.3. The number of carbonyl (C=O) groups is 1. The van der Waals surface area contributed by atoms with Crippen molar-refractivity contribution in [2.45, 2.75) is 51.0 Å². The molecule has 126 valence electrons. The van der Waals surface area contributed by atoms with Crippen LogP contribution < -0.4 is 5.73 Å². The Labute approximate surface area is 138 Å². The van der Waals surface area contributed by atoms with Crippen LogP contribution in [0.2, 0.25) is 0 Å². The molecule has 1 amide bonds. The minimum Gasteiger partial charge on any atom is -0.343 e. The fourth-order valence-electron chi connectivity index (χ4n) is 4.06. The zero-order chi connectivity index (χ0) is 16.2. The summed E-state index contributed by atoms with van der Waals surface area (Å²) in [6, 6.07) is 7.08. The predicted octanol–water partition coefficient (Wildman–Crippen LogP) is 3.12. The van der Waals surface area contributed by atoms with E-state index in [0.717, 1.165) is 57.2 Å². The van der Waals surface area contributed by atoms with Gasteiger partial charge >= 0.3 is 0 Å². The SMILES string of the molecule is N[C@@H]1CCC[C@H]1CC(=O)N1CCC(Cc2cccc(F)c2)CC1. The van der Waals surface area contributed by atoms with E-state index in [1.165, 1.54) is 6.07 Å². The van der Waals surface area contributed by atoms with E-state index in [2.05, 4.69) is 0 Å². The highest BCUT2D eigenvalue weighted by Crippen LogP contribution is 2.29. The topological polar surface area (TPSA) is 46.3 Å². The third kappa shape index (κ3) is 4.31. The highest BCUT2D eigenvalue weighted by Gasteiger charge is 2.29. The van der Waals surface area contributed by atoms with E-state index in [9.17, 15) is 9.18 Å². The lowest BCUT2D eigenvalue weighted by Gasteiger charge is -2.33. The van der Waals surface area contributed by atoms with Crippen molar-refractivity contribution in [2.24, 2.45) is 17.6 Å². The molecule has 3 rings (SSSR count). The normalized spacial score (nSPS) is 25.7. The maximum Gasteiger partial charge on any atom is 0.222 e. The predicted molar refractivity (Wildman–Crippen MR) is 89.3 cm³/mol. The van der Waals surface area contributed by atoms with E-state index in [-0.39, 0.29) is 17.8 Å². The Bertz CT molecular complexity index is 540. The first-order valence-electron chi connectivity index (χ1n) is 8.89. The Morgan fingerprint density at radius 3 is 2.65 bits per heavy atom. The summed E-state index contributed by atoms with van der Waals surface area (Å²) in [5, 5.41) is 0. The molecule has 0 unspecified atom stereocenters.